The minimum Gasteiger partial charge on any atom is -0.361 e. The SMILES string of the molecule is Cc1[nH]c(C)c(-c2ccc(C#CCN(C)Cc3ccc(F)cc3)cc2)c(=O)c1Cl. The van der Waals surface area contributed by atoms with Crippen LogP contribution >= 0.6 is 11.6 Å². The lowest BCUT2D eigenvalue weighted by molar-refractivity contribution is 0.369. The van der Waals surface area contributed by atoms with E-state index < -0.39 is 0 Å². The summed E-state index contributed by atoms with van der Waals surface area (Å²) in [6.07, 6.45) is 0. The van der Waals surface area contributed by atoms with Gasteiger partial charge in [-0.1, -0.05) is 47.7 Å². The first kappa shape index (κ1) is 20.9. The van der Waals surface area contributed by atoms with E-state index in [4.69, 9.17) is 11.6 Å². The molecule has 3 aromatic rings. The molecule has 0 unspecified atom stereocenters. The Kier molecular flexibility index (Phi) is 6.53. The third-order valence-electron chi connectivity index (χ3n) is 4.63. The van der Waals surface area contributed by atoms with Crippen molar-refractivity contribution in [2.45, 2.75) is 20.4 Å². The fourth-order valence-corrected chi connectivity index (χ4v) is 3.29. The van der Waals surface area contributed by atoms with Crippen molar-refractivity contribution in [2.24, 2.45) is 0 Å². The van der Waals surface area contributed by atoms with Gasteiger partial charge in [0, 0.05) is 29.1 Å². The van der Waals surface area contributed by atoms with Crippen LogP contribution in [-0.2, 0) is 6.54 Å². The average molecular weight is 409 g/mol. The molecule has 0 saturated heterocycles. The maximum absolute atomic E-state index is 13.0. The Hall–Kier alpha value is -2.87. The average Bonchev–Trinajstić information content (AvgIpc) is 2.69. The minimum atomic E-state index is -0.232. The van der Waals surface area contributed by atoms with Gasteiger partial charge in [0.1, 0.15) is 10.8 Å². The van der Waals surface area contributed by atoms with Gasteiger partial charge in [-0.3, -0.25) is 9.69 Å². The topological polar surface area (TPSA) is 36.1 Å². The van der Waals surface area contributed by atoms with Crippen molar-refractivity contribution in [3.63, 3.8) is 0 Å². The molecule has 0 spiro atoms. The van der Waals surface area contributed by atoms with Gasteiger partial charge < -0.3 is 4.98 Å². The maximum Gasteiger partial charge on any atom is 0.208 e. The van der Waals surface area contributed by atoms with Crippen LogP contribution in [0, 0.1) is 31.5 Å². The van der Waals surface area contributed by atoms with E-state index in [2.05, 4.69) is 21.7 Å². The number of hydrogen-bond acceptors (Lipinski definition) is 2. The number of rotatable bonds is 4. The lowest BCUT2D eigenvalue weighted by Crippen LogP contribution is -2.17. The summed E-state index contributed by atoms with van der Waals surface area (Å²) < 4.78 is 13.0. The standard InChI is InChI=1S/C24H22ClFN2O/c1-16-22(24(29)23(25)17(2)27-16)20-10-6-18(7-11-20)5-4-14-28(3)15-19-8-12-21(26)13-9-19/h6-13H,14-15H2,1-3H3,(H,27,29). The second-order valence-corrected chi connectivity index (χ2v) is 7.45. The van der Waals surface area contributed by atoms with Gasteiger partial charge in [0.05, 0.1) is 6.54 Å². The number of benzene rings is 2. The predicted octanol–water partition coefficient (Wildman–Crippen LogP) is 4.93. The molecule has 0 radical (unpaired) electrons. The van der Waals surface area contributed by atoms with Crippen LogP contribution in [0.3, 0.4) is 0 Å². The van der Waals surface area contributed by atoms with Gasteiger partial charge in [0.25, 0.3) is 0 Å². The molecule has 0 atom stereocenters. The van der Waals surface area contributed by atoms with Gasteiger partial charge in [-0.05, 0) is 56.3 Å². The predicted molar refractivity (Wildman–Crippen MR) is 117 cm³/mol. The summed E-state index contributed by atoms with van der Waals surface area (Å²) >= 11 is 6.11. The van der Waals surface area contributed by atoms with Gasteiger partial charge in [-0.25, -0.2) is 4.39 Å². The van der Waals surface area contributed by atoms with Crippen molar-refractivity contribution in [3.8, 4) is 23.0 Å². The van der Waals surface area contributed by atoms with E-state index in [9.17, 15) is 9.18 Å². The first-order chi connectivity index (χ1) is 13.8. The normalized spacial score (nSPS) is 10.7. The molecule has 1 N–H and O–H groups in total. The molecule has 29 heavy (non-hydrogen) atoms. The highest BCUT2D eigenvalue weighted by Gasteiger charge is 2.12. The molecule has 0 aliphatic carbocycles. The summed E-state index contributed by atoms with van der Waals surface area (Å²) in [7, 11) is 1.97. The maximum atomic E-state index is 13.0. The quantitative estimate of drug-likeness (QED) is 0.621. The van der Waals surface area contributed by atoms with Crippen LogP contribution in [0.25, 0.3) is 11.1 Å². The molecule has 0 amide bonds. The number of H-pyrrole nitrogens is 1. The molecular formula is C24H22ClFN2O. The highest BCUT2D eigenvalue weighted by Crippen LogP contribution is 2.22. The Labute approximate surface area is 175 Å². The summed E-state index contributed by atoms with van der Waals surface area (Å²) in [5, 5.41) is 0.221. The molecule has 2 aromatic carbocycles. The largest absolute Gasteiger partial charge is 0.361 e. The lowest BCUT2D eigenvalue weighted by Gasteiger charge is -2.12. The van der Waals surface area contributed by atoms with Gasteiger partial charge in [-0.15, -0.1) is 0 Å². The molecule has 0 aliphatic rings. The van der Waals surface area contributed by atoms with E-state index in [0.29, 0.717) is 24.3 Å². The zero-order valence-electron chi connectivity index (χ0n) is 16.6. The first-order valence-electron chi connectivity index (χ1n) is 9.26. The fourth-order valence-electron chi connectivity index (χ4n) is 3.15. The lowest BCUT2D eigenvalue weighted by atomic mass is 10.0. The van der Waals surface area contributed by atoms with Crippen molar-refractivity contribution < 1.29 is 4.39 Å². The van der Waals surface area contributed by atoms with Crippen LogP contribution < -0.4 is 5.43 Å². The van der Waals surface area contributed by atoms with Crippen LogP contribution in [0.4, 0.5) is 4.39 Å². The summed E-state index contributed by atoms with van der Waals surface area (Å²) in [6, 6.07) is 14.0. The molecule has 1 aromatic heterocycles. The molecule has 0 aliphatic heterocycles. The molecule has 0 fully saturated rings. The molecule has 3 nitrogen and oxygen atoms in total. The van der Waals surface area contributed by atoms with Crippen LogP contribution in [0.15, 0.2) is 53.3 Å². The summed E-state index contributed by atoms with van der Waals surface area (Å²) in [6.45, 7) is 4.94. The first-order valence-corrected chi connectivity index (χ1v) is 9.64. The molecule has 0 saturated carbocycles. The second kappa shape index (κ2) is 9.09. The van der Waals surface area contributed by atoms with Gasteiger partial charge in [0.15, 0.2) is 0 Å². The van der Waals surface area contributed by atoms with E-state index in [1.54, 1.807) is 19.1 Å². The number of hydrogen-bond donors (Lipinski definition) is 1. The Morgan fingerprint density at radius 1 is 1.03 bits per heavy atom. The third-order valence-corrected chi connectivity index (χ3v) is 5.08. The fraction of sp³-hybridized carbons (Fsp3) is 0.208. The number of aromatic nitrogens is 1. The van der Waals surface area contributed by atoms with Crippen LogP contribution in [-0.4, -0.2) is 23.5 Å². The molecule has 148 valence electrons. The summed E-state index contributed by atoms with van der Waals surface area (Å²) in [5.74, 6) is 6.05. The number of pyridine rings is 1. The monoisotopic (exact) mass is 408 g/mol. The van der Waals surface area contributed by atoms with Crippen molar-refractivity contribution in [2.75, 3.05) is 13.6 Å². The highest BCUT2D eigenvalue weighted by molar-refractivity contribution is 6.31. The second-order valence-electron chi connectivity index (χ2n) is 7.07. The molecule has 3 rings (SSSR count). The molecular weight excluding hydrogens is 387 g/mol. The summed E-state index contributed by atoms with van der Waals surface area (Å²) in [4.78, 5) is 17.7. The van der Waals surface area contributed by atoms with Crippen molar-refractivity contribution in [3.05, 3.63) is 92.1 Å². The Balaban J connectivity index is 1.68. The molecule has 5 heteroatoms. The number of nitrogens with zero attached hydrogens (tertiary/aromatic N) is 1. The minimum absolute atomic E-state index is 0.165. The van der Waals surface area contributed by atoms with E-state index >= 15 is 0 Å². The highest BCUT2D eigenvalue weighted by atomic mass is 35.5. The number of aryl methyl sites for hydroxylation is 2. The van der Waals surface area contributed by atoms with E-state index in [0.717, 1.165) is 22.4 Å². The van der Waals surface area contributed by atoms with Gasteiger partial charge in [0.2, 0.25) is 5.43 Å². The molecule has 1 heterocycles. The third kappa shape index (κ3) is 5.14. The van der Waals surface area contributed by atoms with Crippen LogP contribution in [0.1, 0.15) is 22.5 Å². The van der Waals surface area contributed by atoms with Gasteiger partial charge in [-0.2, -0.15) is 0 Å². The smallest absolute Gasteiger partial charge is 0.208 e. The zero-order chi connectivity index (χ0) is 21.0. The van der Waals surface area contributed by atoms with Crippen LogP contribution in [0.2, 0.25) is 5.02 Å². The van der Waals surface area contributed by atoms with Gasteiger partial charge >= 0.3 is 0 Å². The Morgan fingerprint density at radius 2 is 1.69 bits per heavy atom. The number of aromatic amines is 1. The Morgan fingerprint density at radius 3 is 2.34 bits per heavy atom. The van der Waals surface area contributed by atoms with E-state index in [-0.39, 0.29) is 16.3 Å². The Bertz CT molecular complexity index is 1120. The zero-order valence-corrected chi connectivity index (χ0v) is 17.4. The van der Waals surface area contributed by atoms with E-state index in [1.807, 2.05) is 38.2 Å². The number of halogens is 2. The van der Waals surface area contributed by atoms with Crippen molar-refractivity contribution >= 4 is 11.6 Å². The van der Waals surface area contributed by atoms with Crippen molar-refractivity contribution in [1.82, 2.24) is 9.88 Å². The number of nitrogens with one attached hydrogen (secondary N) is 1. The molecule has 0 bridgehead atoms. The van der Waals surface area contributed by atoms with E-state index in [1.165, 1.54) is 12.1 Å². The van der Waals surface area contributed by atoms with Crippen molar-refractivity contribution in [1.29, 1.82) is 0 Å². The van der Waals surface area contributed by atoms with Crippen LogP contribution in [0.5, 0.6) is 0 Å². The summed E-state index contributed by atoms with van der Waals surface area (Å²) in [5.41, 5.74) is 4.60.